The number of amides is 3. The number of nitrogens with zero attached hydrogens (tertiary/aromatic N) is 5. The minimum atomic E-state index is -0.263. The number of rotatable bonds is 4. The van der Waals surface area contributed by atoms with Crippen LogP contribution in [0.2, 0.25) is 0 Å². The lowest BCUT2D eigenvalue weighted by atomic mass is 9.93. The van der Waals surface area contributed by atoms with Gasteiger partial charge in [-0.3, -0.25) is 19.4 Å². The second-order valence-electron chi connectivity index (χ2n) is 16.3. The molecule has 12 heteroatoms. The topological polar surface area (TPSA) is 88.7 Å². The van der Waals surface area contributed by atoms with E-state index in [1.807, 2.05) is 21.9 Å². The van der Waals surface area contributed by atoms with Crippen LogP contribution in [0.5, 0.6) is 0 Å². The van der Waals surface area contributed by atoms with E-state index in [0.29, 0.717) is 37.1 Å². The van der Waals surface area contributed by atoms with E-state index in [2.05, 4.69) is 29.0 Å². The molecule has 3 amide bonds. The minimum Gasteiger partial charge on any atom is -0.453 e. The highest BCUT2D eigenvalue weighted by Gasteiger charge is 2.44. The lowest BCUT2D eigenvalue weighted by Gasteiger charge is -2.44. The molecule has 0 radical (unpaired) electrons. The van der Waals surface area contributed by atoms with Crippen molar-refractivity contribution in [2.45, 2.75) is 102 Å². The summed E-state index contributed by atoms with van der Waals surface area (Å²) in [6, 6.07) is 7.12. The van der Waals surface area contributed by atoms with Gasteiger partial charge in [0, 0.05) is 80.3 Å². The van der Waals surface area contributed by atoms with Crippen LogP contribution in [0, 0.1) is 25.5 Å². The number of piperidine rings is 2. The number of benzene rings is 2. The number of ether oxygens (including phenoxy) is 1. The monoisotopic (exact) mass is 720 g/mol. The van der Waals surface area contributed by atoms with Crippen molar-refractivity contribution in [3.8, 4) is 0 Å². The van der Waals surface area contributed by atoms with Crippen LogP contribution in [-0.2, 0) is 27.2 Å². The molecule has 2 atom stereocenters. The van der Waals surface area contributed by atoms with E-state index in [4.69, 9.17) is 4.74 Å². The lowest BCUT2D eigenvalue weighted by Crippen LogP contribution is -2.55. The highest BCUT2D eigenvalue weighted by atomic mass is 19.1. The normalized spacial score (nSPS) is 27.2. The van der Waals surface area contributed by atoms with Gasteiger partial charge in [0.05, 0.1) is 20.0 Å². The standard InChI is InChI=1S/C21H28FN3O3.C19H26FN3O/c1-14-10-18-15(11-17(14)22)12-19(26)25(18)16-4-7-24(8-5-16)21(2)6-9-23(13-21)20(27)28-3;1-13-9-17-14(10-16(13)20)11-18(24)23(17)15-3-7-22(8-4-15)19(2)5-6-21-12-19/h10-11,16H,4-9,12-13H2,1-3H3;9-10,15,21H,3-8,11-12H2,1-2H3. The minimum absolute atomic E-state index is 0.0498. The molecule has 2 unspecified atom stereocenters. The summed E-state index contributed by atoms with van der Waals surface area (Å²) in [5.41, 5.74) is 4.87. The molecule has 2 aromatic carbocycles. The average Bonchev–Trinajstić information content (AvgIpc) is 3.90. The first-order valence-corrected chi connectivity index (χ1v) is 19.1. The Bertz CT molecular complexity index is 1720. The fourth-order valence-electron chi connectivity index (χ4n) is 9.60. The number of carbonyl (C=O) groups is 3. The Kier molecular flexibility index (Phi) is 10.1. The van der Waals surface area contributed by atoms with Crippen molar-refractivity contribution in [1.29, 1.82) is 0 Å². The SMILES string of the molecule is COC(=O)N1CCC(C)(N2CCC(N3C(=O)Cc4cc(F)c(C)cc43)CC2)C1.Cc1cc2c(cc1F)CC(=O)N2C1CCN(C2(C)CCNC2)CC1. The third-order valence-corrected chi connectivity index (χ3v) is 12.9. The highest BCUT2D eigenvalue weighted by molar-refractivity contribution is 6.02. The summed E-state index contributed by atoms with van der Waals surface area (Å²) < 4.78 is 32.5. The molecule has 4 saturated heterocycles. The summed E-state index contributed by atoms with van der Waals surface area (Å²) in [4.78, 5) is 47.7. The maximum Gasteiger partial charge on any atom is 0.409 e. The van der Waals surface area contributed by atoms with E-state index in [9.17, 15) is 23.2 Å². The molecule has 6 aliphatic heterocycles. The largest absolute Gasteiger partial charge is 0.453 e. The van der Waals surface area contributed by atoms with Crippen molar-refractivity contribution in [3.63, 3.8) is 0 Å². The number of carbonyl (C=O) groups excluding carboxylic acids is 3. The predicted molar refractivity (Wildman–Crippen MR) is 197 cm³/mol. The maximum atomic E-state index is 13.9. The van der Waals surface area contributed by atoms with Gasteiger partial charge in [0.2, 0.25) is 11.8 Å². The van der Waals surface area contributed by atoms with Crippen LogP contribution < -0.4 is 15.1 Å². The highest BCUT2D eigenvalue weighted by Crippen LogP contribution is 2.39. The van der Waals surface area contributed by atoms with Crippen LogP contribution in [0.1, 0.15) is 74.6 Å². The van der Waals surface area contributed by atoms with Crippen molar-refractivity contribution in [2.75, 3.05) is 69.3 Å². The number of nitrogens with one attached hydrogen (secondary N) is 1. The Morgan fingerprint density at radius 3 is 1.67 bits per heavy atom. The molecule has 0 aromatic heterocycles. The predicted octanol–water partition coefficient (Wildman–Crippen LogP) is 4.96. The summed E-state index contributed by atoms with van der Waals surface area (Å²) in [5, 5.41) is 3.47. The van der Waals surface area contributed by atoms with E-state index in [1.165, 1.54) is 19.6 Å². The Labute approximate surface area is 306 Å². The average molecular weight is 721 g/mol. The molecule has 1 N–H and O–H groups in total. The van der Waals surface area contributed by atoms with Gasteiger partial charge in [-0.05, 0) is 119 Å². The fourth-order valence-corrected chi connectivity index (χ4v) is 9.60. The van der Waals surface area contributed by atoms with Crippen LogP contribution in [-0.4, -0.2) is 115 Å². The number of aryl methyl sites for hydroxylation is 2. The first-order valence-electron chi connectivity index (χ1n) is 19.1. The van der Waals surface area contributed by atoms with Crippen molar-refractivity contribution < 1.29 is 27.9 Å². The van der Waals surface area contributed by atoms with Crippen molar-refractivity contribution in [3.05, 3.63) is 58.2 Å². The number of anilines is 2. The zero-order valence-corrected chi connectivity index (χ0v) is 31.4. The number of hydrogen-bond donors (Lipinski definition) is 1. The Hall–Kier alpha value is -3.61. The second-order valence-corrected chi connectivity index (χ2v) is 16.3. The van der Waals surface area contributed by atoms with E-state index >= 15 is 0 Å². The van der Waals surface area contributed by atoms with Crippen LogP contribution >= 0.6 is 0 Å². The molecule has 0 bridgehead atoms. The zero-order valence-electron chi connectivity index (χ0n) is 31.4. The maximum absolute atomic E-state index is 13.9. The van der Waals surface area contributed by atoms with E-state index < -0.39 is 0 Å². The Morgan fingerprint density at radius 2 is 1.23 bits per heavy atom. The molecular formula is C40H54F2N6O4. The molecule has 0 spiro atoms. The van der Waals surface area contributed by atoms with Crippen LogP contribution in [0.15, 0.2) is 24.3 Å². The molecule has 282 valence electrons. The Balaban J connectivity index is 0.000000164. The van der Waals surface area contributed by atoms with Crippen LogP contribution in [0.3, 0.4) is 0 Å². The van der Waals surface area contributed by atoms with Gasteiger partial charge in [-0.15, -0.1) is 0 Å². The van der Waals surface area contributed by atoms with Gasteiger partial charge in [0.25, 0.3) is 0 Å². The quantitative estimate of drug-likeness (QED) is 0.478. The molecule has 10 nitrogen and oxygen atoms in total. The molecule has 52 heavy (non-hydrogen) atoms. The third-order valence-electron chi connectivity index (χ3n) is 12.9. The summed E-state index contributed by atoms with van der Waals surface area (Å²) >= 11 is 0. The zero-order chi connectivity index (χ0) is 36.9. The van der Waals surface area contributed by atoms with Gasteiger partial charge in [-0.1, -0.05) is 0 Å². The van der Waals surface area contributed by atoms with Crippen LogP contribution in [0.25, 0.3) is 0 Å². The molecule has 0 saturated carbocycles. The number of methoxy groups -OCH3 is 1. The first-order chi connectivity index (χ1) is 24.8. The van der Waals surface area contributed by atoms with Crippen molar-refractivity contribution in [2.24, 2.45) is 0 Å². The third kappa shape index (κ3) is 6.82. The summed E-state index contributed by atoms with van der Waals surface area (Å²) in [6.07, 6.45) is 6.25. The summed E-state index contributed by atoms with van der Waals surface area (Å²) in [5.74, 6) is -0.253. The van der Waals surface area contributed by atoms with E-state index in [1.54, 1.807) is 24.8 Å². The summed E-state index contributed by atoms with van der Waals surface area (Å²) in [7, 11) is 1.42. The summed E-state index contributed by atoms with van der Waals surface area (Å²) in [6.45, 7) is 15.4. The van der Waals surface area contributed by atoms with E-state index in [-0.39, 0.29) is 52.7 Å². The molecule has 2 aromatic rings. The van der Waals surface area contributed by atoms with Gasteiger partial charge >= 0.3 is 6.09 Å². The smallest absolute Gasteiger partial charge is 0.409 e. The first kappa shape index (κ1) is 36.7. The molecule has 6 aliphatic rings. The second kappa shape index (κ2) is 14.3. The van der Waals surface area contributed by atoms with Crippen molar-refractivity contribution in [1.82, 2.24) is 20.0 Å². The van der Waals surface area contributed by atoms with Crippen LogP contribution in [0.4, 0.5) is 25.0 Å². The molecule has 4 fully saturated rings. The number of fused-ring (bicyclic) bond motifs is 2. The molecule has 6 heterocycles. The molecule has 8 rings (SSSR count). The number of likely N-dealkylation sites (tertiary alicyclic amines) is 3. The molecule has 0 aliphatic carbocycles. The van der Waals surface area contributed by atoms with Gasteiger partial charge in [0.1, 0.15) is 11.6 Å². The lowest BCUT2D eigenvalue weighted by molar-refractivity contribution is -0.118. The van der Waals surface area contributed by atoms with Gasteiger partial charge in [-0.2, -0.15) is 0 Å². The fraction of sp³-hybridized carbons (Fsp3) is 0.625. The number of halogens is 2. The molecular weight excluding hydrogens is 666 g/mol. The Morgan fingerprint density at radius 1 is 0.750 bits per heavy atom. The van der Waals surface area contributed by atoms with Crippen molar-refractivity contribution >= 4 is 29.3 Å². The van der Waals surface area contributed by atoms with E-state index in [0.717, 1.165) is 93.9 Å². The van der Waals surface area contributed by atoms with Gasteiger partial charge < -0.3 is 24.8 Å². The van der Waals surface area contributed by atoms with Gasteiger partial charge in [-0.25, -0.2) is 13.6 Å². The van der Waals surface area contributed by atoms with Gasteiger partial charge in [0.15, 0.2) is 0 Å². The number of hydrogen-bond acceptors (Lipinski definition) is 7.